The second kappa shape index (κ2) is 15.6. The van der Waals surface area contributed by atoms with Crippen molar-refractivity contribution in [1.29, 1.82) is 0 Å². The summed E-state index contributed by atoms with van der Waals surface area (Å²) >= 11 is 0. The van der Waals surface area contributed by atoms with Crippen LogP contribution in [-0.4, -0.2) is 108 Å². The first-order valence-corrected chi connectivity index (χ1v) is 15.0. The third-order valence-corrected chi connectivity index (χ3v) is 7.82. The van der Waals surface area contributed by atoms with Gasteiger partial charge in [0, 0.05) is 7.11 Å². The van der Waals surface area contributed by atoms with Crippen molar-refractivity contribution in [3.8, 4) is 0 Å². The van der Waals surface area contributed by atoms with Gasteiger partial charge in [-0.3, -0.25) is 0 Å². The largest absolute Gasteiger partial charge is 0.459 e. The van der Waals surface area contributed by atoms with E-state index in [1.165, 1.54) is 38.3 Å². The Morgan fingerprint density at radius 3 is 1.62 bits per heavy atom. The number of ether oxygens (including phenoxy) is 7. The van der Waals surface area contributed by atoms with E-state index in [1.807, 2.05) is 0 Å². The van der Waals surface area contributed by atoms with Gasteiger partial charge in [-0.05, 0) is 43.3 Å². The minimum absolute atomic E-state index is 0.160. The summed E-state index contributed by atoms with van der Waals surface area (Å²) in [4.78, 5) is 39.7. The number of carbonyl (C=O) groups excluding carboxylic acids is 3. The van der Waals surface area contributed by atoms with Gasteiger partial charge < -0.3 is 48.5 Å². The van der Waals surface area contributed by atoms with Gasteiger partial charge in [0.25, 0.3) is 0 Å². The molecule has 0 spiro atoms. The number of rotatable bonds is 10. The molecule has 2 aliphatic heterocycles. The minimum Gasteiger partial charge on any atom is -0.459 e. The van der Waals surface area contributed by atoms with Crippen molar-refractivity contribution in [1.82, 2.24) is 0 Å². The fourth-order valence-corrected chi connectivity index (χ4v) is 5.25. The maximum atomic E-state index is 13.5. The van der Waals surface area contributed by atoms with Crippen molar-refractivity contribution in [2.75, 3.05) is 13.7 Å². The van der Waals surface area contributed by atoms with Crippen LogP contribution in [0.2, 0.25) is 0 Å². The molecule has 3 N–H and O–H groups in total. The molecule has 0 unspecified atom stereocenters. The Kier molecular flexibility index (Phi) is 11.3. The third-order valence-electron chi connectivity index (χ3n) is 7.82. The number of methoxy groups -OCH3 is 1. The van der Waals surface area contributed by atoms with Gasteiger partial charge in [-0.15, -0.1) is 0 Å². The number of benzene rings is 3. The first kappa shape index (κ1) is 34.1. The van der Waals surface area contributed by atoms with E-state index in [2.05, 4.69) is 0 Å². The molecule has 2 aliphatic rings. The van der Waals surface area contributed by atoms with Gasteiger partial charge in [-0.25, -0.2) is 14.4 Å². The predicted molar refractivity (Wildman–Crippen MR) is 161 cm³/mol. The number of aliphatic hydroxyl groups excluding tert-OH is 3. The molecule has 2 heterocycles. The average Bonchev–Trinajstić information content (AvgIpc) is 3.11. The summed E-state index contributed by atoms with van der Waals surface area (Å²) in [6.45, 7) is 0.992. The van der Waals surface area contributed by atoms with Crippen LogP contribution in [0.25, 0.3) is 0 Å². The van der Waals surface area contributed by atoms with Gasteiger partial charge >= 0.3 is 17.9 Å². The van der Waals surface area contributed by atoms with E-state index < -0.39 is 85.9 Å². The molecular weight excluding hydrogens is 616 g/mol. The summed E-state index contributed by atoms with van der Waals surface area (Å²) in [5.41, 5.74) is 0.597. The SMILES string of the molecule is CO[C@@H]1O[C@H](COC(=O)c2ccccc2)[C@H](O[C@@H]2O[C@H](C)[C@H](O)[C@H](O)[C@H]2O)[C@H](OC(=O)c2ccccc2)[C@H]1OC(=O)c1ccccc1. The lowest BCUT2D eigenvalue weighted by molar-refractivity contribution is -0.352. The lowest BCUT2D eigenvalue weighted by atomic mass is 9.96. The van der Waals surface area contributed by atoms with Gasteiger partial charge in [0.05, 0.1) is 22.8 Å². The fraction of sp³-hybridized carbons (Fsp3) is 0.382. The number of esters is 3. The maximum Gasteiger partial charge on any atom is 0.338 e. The number of hydrogen-bond acceptors (Lipinski definition) is 13. The Hall–Kier alpha value is -4.21. The van der Waals surface area contributed by atoms with E-state index in [9.17, 15) is 29.7 Å². The van der Waals surface area contributed by atoms with Crippen molar-refractivity contribution in [3.05, 3.63) is 108 Å². The van der Waals surface area contributed by atoms with E-state index in [0.717, 1.165) is 0 Å². The van der Waals surface area contributed by atoms with Gasteiger partial charge in [-0.1, -0.05) is 54.6 Å². The number of aliphatic hydroxyl groups is 3. The first-order chi connectivity index (χ1) is 22.7. The van der Waals surface area contributed by atoms with Gasteiger partial charge in [-0.2, -0.15) is 0 Å². The highest BCUT2D eigenvalue weighted by Gasteiger charge is 2.54. The number of hydrogen-bond donors (Lipinski definition) is 3. The van der Waals surface area contributed by atoms with E-state index in [4.69, 9.17) is 33.2 Å². The zero-order valence-electron chi connectivity index (χ0n) is 25.6. The molecule has 13 nitrogen and oxygen atoms in total. The summed E-state index contributed by atoms with van der Waals surface area (Å²) in [6, 6.07) is 24.2. The van der Waals surface area contributed by atoms with Gasteiger partial charge in [0.2, 0.25) is 0 Å². The van der Waals surface area contributed by atoms with E-state index >= 15 is 0 Å². The zero-order valence-corrected chi connectivity index (χ0v) is 25.6. The second-order valence-electron chi connectivity index (χ2n) is 11.0. The average molecular weight is 653 g/mol. The standard InChI is InChI=1S/C34H36O13/c1-19-24(35)25(36)26(37)33(43-19)47-27-23(18-42-30(38)20-12-6-3-7-13-20)44-34(41-2)29(46-32(40)22-16-10-5-11-17-22)28(27)45-31(39)21-14-8-4-9-15-21/h3-17,19,23-29,33-37H,18H2,1-2H3/t19-,23-,24+,25+,26-,27+,28+,29-,33+,34-/m1/s1. The molecule has 13 heteroatoms. The van der Waals surface area contributed by atoms with Crippen molar-refractivity contribution in [2.24, 2.45) is 0 Å². The van der Waals surface area contributed by atoms with E-state index in [0.29, 0.717) is 0 Å². The Morgan fingerprint density at radius 2 is 1.11 bits per heavy atom. The molecule has 3 aromatic carbocycles. The Balaban J connectivity index is 1.51. The molecule has 0 radical (unpaired) electrons. The van der Waals surface area contributed by atoms with Crippen molar-refractivity contribution in [3.63, 3.8) is 0 Å². The van der Waals surface area contributed by atoms with Crippen LogP contribution < -0.4 is 0 Å². The third kappa shape index (κ3) is 8.03. The molecule has 2 fully saturated rings. The molecule has 10 atom stereocenters. The highest BCUT2D eigenvalue weighted by molar-refractivity contribution is 5.90. The zero-order chi connectivity index (χ0) is 33.5. The van der Waals surface area contributed by atoms with Crippen LogP contribution in [0, 0.1) is 0 Å². The Morgan fingerprint density at radius 1 is 0.617 bits per heavy atom. The van der Waals surface area contributed by atoms with Crippen LogP contribution >= 0.6 is 0 Å². The summed E-state index contributed by atoms with van der Waals surface area (Å²) in [5.74, 6) is -2.31. The van der Waals surface area contributed by atoms with Crippen LogP contribution in [0.1, 0.15) is 38.0 Å². The molecule has 2 saturated heterocycles. The smallest absolute Gasteiger partial charge is 0.338 e. The number of carbonyl (C=O) groups is 3. The summed E-state index contributed by atoms with van der Waals surface area (Å²) in [7, 11) is 1.28. The van der Waals surface area contributed by atoms with Crippen molar-refractivity contribution < 1.29 is 62.9 Å². The van der Waals surface area contributed by atoms with Gasteiger partial charge in [0.1, 0.15) is 37.1 Å². The molecule has 47 heavy (non-hydrogen) atoms. The van der Waals surface area contributed by atoms with E-state index in [1.54, 1.807) is 66.7 Å². The summed E-state index contributed by atoms with van der Waals surface area (Å²) in [6.07, 6.45) is -14.5. The lowest BCUT2D eigenvalue weighted by Gasteiger charge is -2.47. The summed E-state index contributed by atoms with van der Waals surface area (Å²) < 4.78 is 40.8. The molecule has 0 amide bonds. The fourth-order valence-electron chi connectivity index (χ4n) is 5.25. The molecule has 0 aromatic heterocycles. The lowest BCUT2D eigenvalue weighted by Crippen LogP contribution is -2.65. The van der Waals surface area contributed by atoms with Crippen LogP contribution in [-0.2, 0) is 33.2 Å². The Labute approximate surface area is 270 Å². The topological polar surface area (TPSA) is 177 Å². The molecule has 0 bridgehead atoms. The normalized spacial score (nSPS) is 30.6. The predicted octanol–water partition coefficient (Wildman–Crippen LogP) is 1.88. The molecule has 3 aromatic rings. The molecule has 0 aliphatic carbocycles. The summed E-state index contributed by atoms with van der Waals surface area (Å²) in [5, 5.41) is 31.5. The maximum absolute atomic E-state index is 13.5. The second-order valence-corrected chi connectivity index (χ2v) is 11.0. The Bertz CT molecular complexity index is 1470. The van der Waals surface area contributed by atoms with Crippen LogP contribution in [0.15, 0.2) is 91.0 Å². The molecular formula is C34H36O13. The minimum atomic E-state index is -1.76. The molecule has 250 valence electrons. The van der Waals surface area contributed by atoms with Crippen molar-refractivity contribution >= 4 is 17.9 Å². The van der Waals surface area contributed by atoms with Gasteiger partial charge in [0.15, 0.2) is 24.8 Å². The quantitative estimate of drug-likeness (QED) is 0.214. The highest BCUT2D eigenvalue weighted by Crippen LogP contribution is 2.33. The van der Waals surface area contributed by atoms with Crippen LogP contribution in [0.3, 0.4) is 0 Å². The molecule has 5 rings (SSSR count). The van der Waals surface area contributed by atoms with Crippen molar-refractivity contribution in [2.45, 2.75) is 68.3 Å². The molecule has 0 saturated carbocycles. The van der Waals surface area contributed by atoms with Crippen LogP contribution in [0.4, 0.5) is 0 Å². The monoisotopic (exact) mass is 652 g/mol. The van der Waals surface area contributed by atoms with Crippen LogP contribution in [0.5, 0.6) is 0 Å². The first-order valence-electron chi connectivity index (χ1n) is 15.0. The van der Waals surface area contributed by atoms with E-state index in [-0.39, 0.29) is 16.7 Å². The highest BCUT2D eigenvalue weighted by atomic mass is 16.8.